The Balaban J connectivity index is 1.99. The third-order valence-corrected chi connectivity index (χ3v) is 3.35. The van der Waals surface area contributed by atoms with Crippen LogP contribution in [0.4, 0.5) is 0 Å². The monoisotopic (exact) mass is 258 g/mol. The molecule has 0 fully saturated rings. The van der Waals surface area contributed by atoms with E-state index in [4.69, 9.17) is 4.74 Å². The van der Waals surface area contributed by atoms with Gasteiger partial charge in [0.15, 0.2) is 6.10 Å². The predicted octanol–water partition coefficient (Wildman–Crippen LogP) is 1.92. The van der Waals surface area contributed by atoms with E-state index in [1.54, 1.807) is 30.3 Å². The van der Waals surface area contributed by atoms with Crippen LogP contribution in [0.25, 0.3) is 0 Å². The van der Waals surface area contributed by atoms with E-state index in [2.05, 4.69) is 0 Å². The summed E-state index contributed by atoms with van der Waals surface area (Å²) in [6.45, 7) is 0. The van der Waals surface area contributed by atoms with Crippen molar-refractivity contribution in [3.63, 3.8) is 0 Å². The third-order valence-electron chi connectivity index (χ3n) is 3.35. The molecule has 0 unspecified atom stereocenters. The molecule has 0 aromatic heterocycles. The molecule has 3 rings (SSSR count). The number of para-hydroxylation sites is 1. The molecule has 1 aliphatic heterocycles. The summed E-state index contributed by atoms with van der Waals surface area (Å²) >= 11 is 0. The van der Waals surface area contributed by atoms with Crippen molar-refractivity contribution < 1.29 is 20.1 Å². The summed E-state index contributed by atoms with van der Waals surface area (Å²) in [6.07, 6.45) is -2.67. The Hall–Kier alpha value is -2.04. The number of aliphatic hydroxyl groups excluding tert-OH is 2. The maximum atomic E-state index is 10.2. The van der Waals surface area contributed by atoms with Crippen LogP contribution >= 0.6 is 0 Å². The summed E-state index contributed by atoms with van der Waals surface area (Å²) in [5.41, 5.74) is 1.30. The number of hydrogen-bond donors (Lipinski definition) is 3. The summed E-state index contributed by atoms with van der Waals surface area (Å²) in [5, 5.41) is 29.6. The Bertz CT molecular complexity index is 579. The minimum atomic E-state index is -1.04. The van der Waals surface area contributed by atoms with Crippen LogP contribution < -0.4 is 4.74 Å². The first-order valence-corrected chi connectivity index (χ1v) is 6.07. The highest BCUT2D eigenvalue weighted by molar-refractivity contribution is 5.40. The molecule has 1 aliphatic rings. The molecule has 4 heteroatoms. The molecule has 0 bridgehead atoms. The number of phenolic OH excluding ortho intramolecular Hbond substituents is 1. The highest BCUT2D eigenvalue weighted by Gasteiger charge is 2.36. The van der Waals surface area contributed by atoms with E-state index in [0.29, 0.717) is 16.9 Å². The lowest BCUT2D eigenvalue weighted by atomic mass is 9.92. The van der Waals surface area contributed by atoms with Gasteiger partial charge >= 0.3 is 0 Å². The normalized spacial score (nSPS) is 25.5. The van der Waals surface area contributed by atoms with Crippen LogP contribution in [0.15, 0.2) is 48.5 Å². The number of fused-ring (bicyclic) bond motifs is 1. The van der Waals surface area contributed by atoms with Crippen LogP contribution in [-0.4, -0.2) is 21.4 Å². The average molecular weight is 258 g/mol. The van der Waals surface area contributed by atoms with E-state index in [-0.39, 0.29) is 5.75 Å². The van der Waals surface area contributed by atoms with Crippen molar-refractivity contribution in [2.75, 3.05) is 0 Å². The maximum Gasteiger partial charge on any atom is 0.152 e. The first-order chi connectivity index (χ1) is 9.16. The van der Waals surface area contributed by atoms with Gasteiger partial charge in [0.1, 0.15) is 23.7 Å². The molecule has 0 saturated heterocycles. The first-order valence-electron chi connectivity index (χ1n) is 6.07. The number of rotatable bonds is 1. The predicted molar refractivity (Wildman–Crippen MR) is 68.9 cm³/mol. The lowest BCUT2D eigenvalue weighted by Gasteiger charge is -2.34. The largest absolute Gasteiger partial charge is 0.508 e. The summed E-state index contributed by atoms with van der Waals surface area (Å²) < 4.78 is 5.75. The van der Waals surface area contributed by atoms with Gasteiger partial charge in [-0.25, -0.2) is 0 Å². The van der Waals surface area contributed by atoms with Crippen molar-refractivity contribution >= 4 is 0 Å². The molecular weight excluding hydrogens is 244 g/mol. The van der Waals surface area contributed by atoms with Crippen LogP contribution in [-0.2, 0) is 0 Å². The molecule has 3 atom stereocenters. The number of benzene rings is 2. The Morgan fingerprint density at radius 2 is 1.58 bits per heavy atom. The highest BCUT2D eigenvalue weighted by atomic mass is 16.5. The van der Waals surface area contributed by atoms with E-state index in [1.807, 2.05) is 6.07 Å². The van der Waals surface area contributed by atoms with Crippen LogP contribution in [0, 0.1) is 0 Å². The molecule has 1 heterocycles. The summed E-state index contributed by atoms with van der Waals surface area (Å²) in [5.74, 6) is 0.716. The molecule has 4 nitrogen and oxygen atoms in total. The molecule has 98 valence electrons. The van der Waals surface area contributed by atoms with Gasteiger partial charge in [0.2, 0.25) is 0 Å². The van der Waals surface area contributed by atoms with E-state index in [9.17, 15) is 15.3 Å². The minimum Gasteiger partial charge on any atom is -0.508 e. The van der Waals surface area contributed by atoms with Gasteiger partial charge in [-0.05, 0) is 23.8 Å². The second-order valence-electron chi connectivity index (χ2n) is 4.60. The van der Waals surface area contributed by atoms with Crippen molar-refractivity contribution in [3.8, 4) is 11.5 Å². The van der Waals surface area contributed by atoms with Crippen LogP contribution in [0.2, 0.25) is 0 Å². The second kappa shape index (κ2) is 4.57. The van der Waals surface area contributed by atoms with Crippen molar-refractivity contribution in [1.82, 2.24) is 0 Å². The lowest BCUT2D eigenvalue weighted by molar-refractivity contribution is -0.0699. The zero-order valence-corrected chi connectivity index (χ0v) is 10.1. The zero-order valence-electron chi connectivity index (χ0n) is 10.1. The van der Waals surface area contributed by atoms with E-state index < -0.39 is 18.3 Å². The van der Waals surface area contributed by atoms with Gasteiger partial charge < -0.3 is 20.1 Å². The van der Waals surface area contributed by atoms with Gasteiger partial charge in [-0.1, -0.05) is 30.3 Å². The topological polar surface area (TPSA) is 69.9 Å². The number of aliphatic hydroxyl groups is 2. The van der Waals surface area contributed by atoms with Crippen LogP contribution in [0.1, 0.15) is 23.3 Å². The van der Waals surface area contributed by atoms with Crippen LogP contribution in [0.5, 0.6) is 11.5 Å². The zero-order chi connectivity index (χ0) is 13.4. The van der Waals surface area contributed by atoms with Crippen molar-refractivity contribution in [1.29, 1.82) is 0 Å². The smallest absolute Gasteiger partial charge is 0.152 e. The van der Waals surface area contributed by atoms with Crippen molar-refractivity contribution in [3.05, 3.63) is 59.7 Å². The van der Waals surface area contributed by atoms with Gasteiger partial charge in [-0.15, -0.1) is 0 Å². The molecule has 2 aromatic carbocycles. The molecule has 0 radical (unpaired) electrons. The number of hydrogen-bond acceptors (Lipinski definition) is 4. The molecule has 0 amide bonds. The summed E-state index contributed by atoms with van der Waals surface area (Å²) in [4.78, 5) is 0. The third kappa shape index (κ3) is 2.05. The molecule has 2 aromatic rings. The van der Waals surface area contributed by atoms with E-state index in [0.717, 1.165) is 0 Å². The van der Waals surface area contributed by atoms with Gasteiger partial charge in [-0.2, -0.15) is 0 Å². The maximum absolute atomic E-state index is 10.2. The Labute approximate surface area is 110 Å². The Morgan fingerprint density at radius 1 is 0.895 bits per heavy atom. The Kier molecular flexibility index (Phi) is 2.89. The molecule has 0 aliphatic carbocycles. The standard InChI is InChI=1S/C15H14O4/c16-10-7-5-9(6-8-10)15-14(18)13(17)11-3-1-2-4-12(11)19-15/h1-8,13-18H/t13-,14+,15+/m0/s1. The quantitative estimate of drug-likeness (QED) is 0.731. The number of aromatic hydroxyl groups is 1. The van der Waals surface area contributed by atoms with Crippen molar-refractivity contribution in [2.24, 2.45) is 0 Å². The lowest BCUT2D eigenvalue weighted by Crippen LogP contribution is -2.34. The number of ether oxygens (including phenoxy) is 1. The molecule has 19 heavy (non-hydrogen) atoms. The fourth-order valence-corrected chi connectivity index (χ4v) is 2.32. The molecule has 0 spiro atoms. The summed E-state index contributed by atoms with van der Waals surface area (Å²) in [6, 6.07) is 13.5. The van der Waals surface area contributed by atoms with Gasteiger partial charge in [0.25, 0.3) is 0 Å². The minimum absolute atomic E-state index is 0.148. The average Bonchev–Trinajstić information content (AvgIpc) is 2.44. The van der Waals surface area contributed by atoms with Gasteiger partial charge in [-0.3, -0.25) is 0 Å². The summed E-state index contributed by atoms with van der Waals surface area (Å²) in [7, 11) is 0. The van der Waals surface area contributed by atoms with E-state index >= 15 is 0 Å². The molecular formula is C15H14O4. The van der Waals surface area contributed by atoms with E-state index in [1.165, 1.54) is 12.1 Å². The fourth-order valence-electron chi connectivity index (χ4n) is 2.32. The molecule has 3 N–H and O–H groups in total. The van der Waals surface area contributed by atoms with Crippen molar-refractivity contribution in [2.45, 2.75) is 18.3 Å². The van der Waals surface area contributed by atoms with Gasteiger partial charge in [0.05, 0.1) is 0 Å². The SMILES string of the molecule is Oc1ccc([C@H]2Oc3ccccc3[C@H](O)[C@H]2O)cc1. The van der Waals surface area contributed by atoms with Gasteiger partial charge in [0, 0.05) is 5.56 Å². The number of phenols is 1. The Morgan fingerprint density at radius 3 is 2.32 bits per heavy atom. The van der Waals surface area contributed by atoms with Crippen LogP contribution in [0.3, 0.4) is 0 Å². The fraction of sp³-hybridized carbons (Fsp3) is 0.200. The first kappa shape index (κ1) is 12.0. The molecule has 0 saturated carbocycles. The highest BCUT2D eigenvalue weighted by Crippen LogP contribution is 2.40. The second-order valence-corrected chi connectivity index (χ2v) is 4.60.